The van der Waals surface area contributed by atoms with E-state index in [1.54, 1.807) is 11.3 Å². The second kappa shape index (κ2) is 5.94. The molecule has 1 heterocycles. The van der Waals surface area contributed by atoms with E-state index in [1.165, 1.54) is 10.7 Å². The molecular formula is C13H25N3S. The molecule has 0 saturated carbocycles. The first-order valence-electron chi connectivity index (χ1n) is 6.23. The molecule has 17 heavy (non-hydrogen) atoms. The number of aromatic nitrogens is 1. The largest absolute Gasteiger partial charge is 0.329 e. The highest BCUT2D eigenvalue weighted by Gasteiger charge is 2.18. The number of thiazole rings is 1. The van der Waals surface area contributed by atoms with Crippen LogP contribution in [0.1, 0.15) is 45.3 Å². The topological polar surface area (TPSA) is 42.1 Å². The van der Waals surface area contributed by atoms with Crippen molar-refractivity contribution >= 4 is 11.3 Å². The predicted molar refractivity (Wildman–Crippen MR) is 75.4 cm³/mol. The van der Waals surface area contributed by atoms with Crippen molar-refractivity contribution in [2.75, 3.05) is 13.1 Å². The standard InChI is InChI=1S/C13H25N3S/c1-10(2)16(7-6-14)8-12-15-11(9-17-12)13(3,4)5/h9-10H,6-8,14H2,1-5H3. The van der Waals surface area contributed by atoms with Gasteiger partial charge in [-0.1, -0.05) is 20.8 Å². The van der Waals surface area contributed by atoms with Gasteiger partial charge in [-0.3, -0.25) is 4.90 Å². The van der Waals surface area contributed by atoms with E-state index in [1.807, 2.05) is 0 Å². The summed E-state index contributed by atoms with van der Waals surface area (Å²) >= 11 is 1.75. The zero-order valence-electron chi connectivity index (χ0n) is 11.7. The van der Waals surface area contributed by atoms with Crippen LogP contribution in [-0.4, -0.2) is 29.0 Å². The van der Waals surface area contributed by atoms with Crippen LogP contribution in [0.25, 0.3) is 0 Å². The molecule has 0 aromatic carbocycles. The molecule has 0 radical (unpaired) electrons. The highest BCUT2D eigenvalue weighted by atomic mass is 32.1. The van der Waals surface area contributed by atoms with E-state index in [0.717, 1.165) is 13.1 Å². The zero-order valence-corrected chi connectivity index (χ0v) is 12.5. The molecule has 1 rings (SSSR count). The first-order chi connectivity index (χ1) is 7.84. The number of hydrogen-bond donors (Lipinski definition) is 1. The lowest BCUT2D eigenvalue weighted by Crippen LogP contribution is -2.34. The van der Waals surface area contributed by atoms with Gasteiger partial charge in [0.05, 0.1) is 12.2 Å². The molecule has 0 aliphatic rings. The quantitative estimate of drug-likeness (QED) is 0.879. The van der Waals surface area contributed by atoms with Crippen molar-refractivity contribution in [1.82, 2.24) is 9.88 Å². The minimum absolute atomic E-state index is 0.144. The molecule has 98 valence electrons. The highest BCUT2D eigenvalue weighted by Crippen LogP contribution is 2.24. The molecule has 3 nitrogen and oxygen atoms in total. The van der Waals surface area contributed by atoms with E-state index in [9.17, 15) is 0 Å². The smallest absolute Gasteiger partial charge is 0.107 e. The lowest BCUT2D eigenvalue weighted by atomic mass is 9.93. The molecule has 0 spiro atoms. The second-order valence-corrected chi connectivity index (χ2v) is 6.67. The van der Waals surface area contributed by atoms with Crippen molar-refractivity contribution in [2.45, 2.75) is 52.6 Å². The Kier molecular flexibility index (Phi) is 5.10. The van der Waals surface area contributed by atoms with Crippen molar-refractivity contribution in [3.63, 3.8) is 0 Å². The van der Waals surface area contributed by atoms with Crippen molar-refractivity contribution in [1.29, 1.82) is 0 Å². The van der Waals surface area contributed by atoms with E-state index >= 15 is 0 Å². The van der Waals surface area contributed by atoms with Crippen molar-refractivity contribution in [3.05, 3.63) is 16.1 Å². The average molecular weight is 255 g/mol. The Morgan fingerprint density at radius 1 is 1.41 bits per heavy atom. The summed E-state index contributed by atoms with van der Waals surface area (Å²) in [4.78, 5) is 7.09. The van der Waals surface area contributed by atoms with Crippen LogP contribution >= 0.6 is 11.3 Å². The molecule has 0 unspecified atom stereocenters. The van der Waals surface area contributed by atoms with Crippen LogP contribution < -0.4 is 5.73 Å². The first kappa shape index (κ1) is 14.6. The molecule has 1 aromatic heterocycles. The normalized spacial score (nSPS) is 12.7. The van der Waals surface area contributed by atoms with Crippen molar-refractivity contribution in [2.24, 2.45) is 5.73 Å². The zero-order chi connectivity index (χ0) is 13.1. The van der Waals surface area contributed by atoms with Gasteiger partial charge in [-0.25, -0.2) is 4.98 Å². The maximum atomic E-state index is 5.64. The Morgan fingerprint density at radius 3 is 2.47 bits per heavy atom. The number of rotatable bonds is 5. The lowest BCUT2D eigenvalue weighted by Gasteiger charge is -2.24. The molecule has 0 atom stereocenters. The fourth-order valence-corrected chi connectivity index (χ4v) is 2.63. The molecular weight excluding hydrogens is 230 g/mol. The molecule has 0 aliphatic heterocycles. The molecule has 0 aliphatic carbocycles. The SMILES string of the molecule is CC(C)N(CCN)Cc1nc(C(C)(C)C)cs1. The molecule has 0 saturated heterocycles. The van der Waals surface area contributed by atoms with Gasteiger partial charge < -0.3 is 5.73 Å². The summed E-state index contributed by atoms with van der Waals surface area (Å²) in [7, 11) is 0. The van der Waals surface area contributed by atoms with E-state index in [-0.39, 0.29) is 5.41 Å². The van der Waals surface area contributed by atoms with E-state index < -0.39 is 0 Å². The Labute approximate surface area is 109 Å². The lowest BCUT2D eigenvalue weighted by molar-refractivity contribution is 0.218. The summed E-state index contributed by atoms with van der Waals surface area (Å²) in [6.45, 7) is 13.6. The summed E-state index contributed by atoms with van der Waals surface area (Å²) in [6.07, 6.45) is 0. The first-order valence-corrected chi connectivity index (χ1v) is 7.11. The Morgan fingerprint density at radius 2 is 2.06 bits per heavy atom. The van der Waals surface area contributed by atoms with Crippen molar-refractivity contribution < 1.29 is 0 Å². The maximum absolute atomic E-state index is 5.64. The summed E-state index contributed by atoms with van der Waals surface area (Å²) < 4.78 is 0. The molecule has 4 heteroatoms. The number of hydrogen-bond acceptors (Lipinski definition) is 4. The summed E-state index contributed by atoms with van der Waals surface area (Å²) in [5, 5.41) is 3.37. The van der Waals surface area contributed by atoms with Gasteiger partial charge >= 0.3 is 0 Å². The molecule has 0 fully saturated rings. The fraction of sp³-hybridized carbons (Fsp3) is 0.769. The van der Waals surface area contributed by atoms with Gasteiger partial charge in [-0.15, -0.1) is 11.3 Å². The van der Waals surface area contributed by atoms with Gasteiger partial charge in [0.25, 0.3) is 0 Å². The van der Waals surface area contributed by atoms with Crippen LogP contribution in [-0.2, 0) is 12.0 Å². The Balaban J connectivity index is 2.70. The molecule has 2 N–H and O–H groups in total. The van der Waals surface area contributed by atoms with Gasteiger partial charge in [0.2, 0.25) is 0 Å². The molecule has 1 aromatic rings. The van der Waals surface area contributed by atoms with Crippen LogP contribution in [0.2, 0.25) is 0 Å². The molecule has 0 amide bonds. The van der Waals surface area contributed by atoms with Crippen LogP contribution in [0.15, 0.2) is 5.38 Å². The average Bonchev–Trinajstić information content (AvgIpc) is 2.64. The summed E-state index contributed by atoms with van der Waals surface area (Å²) in [5.41, 5.74) is 6.97. The van der Waals surface area contributed by atoms with Crippen LogP contribution in [0, 0.1) is 0 Å². The van der Waals surface area contributed by atoms with Gasteiger partial charge in [-0.05, 0) is 13.8 Å². The van der Waals surface area contributed by atoms with Crippen molar-refractivity contribution in [3.8, 4) is 0 Å². The minimum atomic E-state index is 0.144. The number of nitrogens with zero attached hydrogens (tertiary/aromatic N) is 2. The van der Waals surface area contributed by atoms with Crippen LogP contribution in [0.3, 0.4) is 0 Å². The Hall–Kier alpha value is -0.450. The second-order valence-electron chi connectivity index (χ2n) is 5.73. The summed E-state index contributed by atoms with van der Waals surface area (Å²) in [5.74, 6) is 0. The minimum Gasteiger partial charge on any atom is -0.329 e. The van der Waals surface area contributed by atoms with Gasteiger partial charge in [-0.2, -0.15) is 0 Å². The highest BCUT2D eigenvalue weighted by molar-refractivity contribution is 7.09. The predicted octanol–water partition coefficient (Wildman–Crippen LogP) is 2.61. The van der Waals surface area contributed by atoms with Gasteiger partial charge in [0.15, 0.2) is 0 Å². The third-order valence-electron chi connectivity index (χ3n) is 2.81. The third kappa shape index (κ3) is 4.37. The molecule has 0 bridgehead atoms. The van der Waals surface area contributed by atoms with E-state index in [2.05, 4.69) is 44.9 Å². The van der Waals surface area contributed by atoms with E-state index in [4.69, 9.17) is 10.7 Å². The van der Waals surface area contributed by atoms with Crippen LogP contribution in [0.5, 0.6) is 0 Å². The maximum Gasteiger partial charge on any atom is 0.107 e. The van der Waals surface area contributed by atoms with E-state index in [0.29, 0.717) is 12.6 Å². The van der Waals surface area contributed by atoms with Gasteiger partial charge in [0, 0.05) is 29.9 Å². The monoisotopic (exact) mass is 255 g/mol. The third-order valence-corrected chi connectivity index (χ3v) is 3.64. The summed E-state index contributed by atoms with van der Waals surface area (Å²) in [6, 6.07) is 0.514. The van der Waals surface area contributed by atoms with Crippen LogP contribution in [0.4, 0.5) is 0 Å². The van der Waals surface area contributed by atoms with Gasteiger partial charge in [0.1, 0.15) is 5.01 Å². The fourth-order valence-electron chi connectivity index (χ4n) is 1.59. The Bertz CT molecular complexity index is 339. The number of nitrogens with two attached hydrogens (primary N) is 1.